The van der Waals surface area contributed by atoms with E-state index in [9.17, 15) is 13.6 Å². The molecule has 0 saturated carbocycles. The summed E-state index contributed by atoms with van der Waals surface area (Å²) in [4.78, 5) is 16.1. The van der Waals surface area contributed by atoms with Gasteiger partial charge < -0.3 is 10.2 Å². The maximum atomic E-state index is 13.6. The number of anilines is 1. The van der Waals surface area contributed by atoms with Crippen LogP contribution in [-0.4, -0.2) is 48.6 Å². The van der Waals surface area contributed by atoms with Gasteiger partial charge in [0, 0.05) is 38.8 Å². The molecule has 3 rings (SSSR count). The molecule has 0 unspecified atom stereocenters. The zero-order chi connectivity index (χ0) is 18.4. The first-order valence-corrected chi connectivity index (χ1v) is 8.57. The first-order valence-electron chi connectivity index (χ1n) is 8.57. The number of halogens is 2. The molecule has 136 valence electrons. The van der Waals surface area contributed by atoms with Gasteiger partial charge in [-0.2, -0.15) is 0 Å². The number of carbonyl (C=O) groups excluding carboxylic acids is 1. The Labute approximate surface area is 151 Å². The van der Waals surface area contributed by atoms with Crippen molar-refractivity contribution in [2.75, 3.05) is 38.0 Å². The predicted molar refractivity (Wildman–Crippen MR) is 98.9 cm³/mol. The van der Waals surface area contributed by atoms with Gasteiger partial charge in [0.05, 0.1) is 5.69 Å². The third-order valence-electron chi connectivity index (χ3n) is 4.31. The average molecular weight is 357 g/mol. The minimum atomic E-state index is -0.775. The first-order chi connectivity index (χ1) is 12.6. The first kappa shape index (κ1) is 18.1. The zero-order valence-electron chi connectivity index (χ0n) is 14.4. The van der Waals surface area contributed by atoms with Gasteiger partial charge in [-0.25, -0.2) is 13.6 Å². The van der Waals surface area contributed by atoms with Gasteiger partial charge in [-0.3, -0.25) is 4.90 Å². The number of piperazine rings is 1. The van der Waals surface area contributed by atoms with Crippen LogP contribution in [0.2, 0.25) is 0 Å². The number of carbonyl (C=O) groups is 1. The van der Waals surface area contributed by atoms with Crippen LogP contribution in [0.3, 0.4) is 0 Å². The largest absolute Gasteiger partial charge is 0.322 e. The molecule has 6 heteroatoms. The molecule has 26 heavy (non-hydrogen) atoms. The normalized spacial score (nSPS) is 15.4. The molecular weight excluding hydrogens is 336 g/mol. The van der Waals surface area contributed by atoms with E-state index < -0.39 is 11.6 Å². The second kappa shape index (κ2) is 8.58. The Hall–Kier alpha value is -2.73. The van der Waals surface area contributed by atoms with Crippen LogP contribution in [0.5, 0.6) is 0 Å². The van der Waals surface area contributed by atoms with E-state index in [0.29, 0.717) is 13.1 Å². The maximum Gasteiger partial charge on any atom is 0.322 e. The van der Waals surface area contributed by atoms with Gasteiger partial charge in [-0.05, 0) is 17.7 Å². The Kier molecular flexibility index (Phi) is 5.96. The smallest absolute Gasteiger partial charge is 0.322 e. The molecule has 0 aromatic heterocycles. The molecule has 2 aromatic rings. The lowest BCUT2D eigenvalue weighted by Gasteiger charge is -2.34. The number of hydrogen-bond acceptors (Lipinski definition) is 2. The van der Waals surface area contributed by atoms with Gasteiger partial charge in [-0.1, -0.05) is 42.5 Å². The Morgan fingerprint density at radius 1 is 1.04 bits per heavy atom. The summed E-state index contributed by atoms with van der Waals surface area (Å²) >= 11 is 0. The van der Waals surface area contributed by atoms with Crippen LogP contribution in [0.4, 0.5) is 19.3 Å². The quantitative estimate of drug-likeness (QED) is 0.903. The minimum Gasteiger partial charge on any atom is -0.322 e. The van der Waals surface area contributed by atoms with Crippen LogP contribution in [0.15, 0.2) is 54.6 Å². The van der Waals surface area contributed by atoms with Crippen molar-refractivity contribution in [3.63, 3.8) is 0 Å². The molecule has 0 atom stereocenters. The van der Waals surface area contributed by atoms with Crippen molar-refractivity contribution in [1.29, 1.82) is 0 Å². The lowest BCUT2D eigenvalue weighted by molar-refractivity contribution is 0.156. The van der Waals surface area contributed by atoms with Crippen molar-refractivity contribution in [2.24, 2.45) is 0 Å². The number of benzene rings is 2. The van der Waals surface area contributed by atoms with E-state index in [2.05, 4.69) is 22.4 Å². The lowest BCUT2D eigenvalue weighted by Crippen LogP contribution is -2.50. The summed E-state index contributed by atoms with van der Waals surface area (Å²) in [5.74, 6) is -1.44. The fraction of sp³-hybridized carbons (Fsp3) is 0.250. The van der Waals surface area contributed by atoms with E-state index in [-0.39, 0.29) is 11.7 Å². The maximum absolute atomic E-state index is 13.6. The Bertz CT molecular complexity index is 772. The third-order valence-corrected chi connectivity index (χ3v) is 4.31. The van der Waals surface area contributed by atoms with E-state index in [0.717, 1.165) is 37.3 Å². The Morgan fingerprint density at radius 2 is 1.77 bits per heavy atom. The standard InChI is InChI=1S/C20H21F2N3O/c21-17-8-9-19(18(22)15-17)23-20(26)25-13-11-24(12-14-25)10-4-7-16-5-2-1-3-6-16/h1-9,15H,10-14H2,(H,23,26). The van der Waals surface area contributed by atoms with Gasteiger partial charge in [0.15, 0.2) is 0 Å². The predicted octanol–water partition coefficient (Wildman–Crippen LogP) is 3.83. The number of hydrogen-bond donors (Lipinski definition) is 1. The van der Waals surface area contributed by atoms with Gasteiger partial charge in [0.2, 0.25) is 0 Å². The topological polar surface area (TPSA) is 35.6 Å². The van der Waals surface area contributed by atoms with Crippen LogP contribution >= 0.6 is 0 Å². The average Bonchev–Trinajstić information content (AvgIpc) is 2.65. The molecule has 4 nitrogen and oxygen atoms in total. The van der Waals surface area contributed by atoms with Gasteiger partial charge >= 0.3 is 6.03 Å². The van der Waals surface area contributed by atoms with Gasteiger partial charge in [0.1, 0.15) is 11.6 Å². The van der Waals surface area contributed by atoms with E-state index in [1.165, 1.54) is 6.07 Å². The van der Waals surface area contributed by atoms with E-state index in [1.807, 2.05) is 30.3 Å². The van der Waals surface area contributed by atoms with Crippen LogP contribution in [0.25, 0.3) is 6.08 Å². The summed E-state index contributed by atoms with van der Waals surface area (Å²) in [6, 6.07) is 12.8. The summed E-state index contributed by atoms with van der Waals surface area (Å²) in [7, 11) is 0. The number of nitrogens with one attached hydrogen (secondary N) is 1. The SMILES string of the molecule is O=C(Nc1ccc(F)cc1F)N1CCN(CC=Cc2ccccc2)CC1. The molecule has 2 amide bonds. The van der Waals surface area contributed by atoms with Crippen LogP contribution in [0, 0.1) is 11.6 Å². The number of amides is 2. The van der Waals surface area contributed by atoms with Crippen LogP contribution in [0.1, 0.15) is 5.56 Å². The van der Waals surface area contributed by atoms with Crippen molar-refractivity contribution in [3.8, 4) is 0 Å². The molecular formula is C20H21F2N3O. The molecule has 0 radical (unpaired) electrons. The Balaban J connectivity index is 1.45. The molecule has 0 aliphatic carbocycles. The molecule has 1 aliphatic rings. The summed E-state index contributed by atoms with van der Waals surface area (Å²) in [6.07, 6.45) is 4.19. The second-order valence-electron chi connectivity index (χ2n) is 6.16. The summed E-state index contributed by atoms with van der Waals surface area (Å²) in [5.41, 5.74) is 1.15. The molecule has 1 saturated heterocycles. The highest BCUT2D eigenvalue weighted by molar-refractivity contribution is 5.89. The molecule has 1 N–H and O–H groups in total. The lowest BCUT2D eigenvalue weighted by atomic mass is 10.2. The fourth-order valence-electron chi connectivity index (χ4n) is 2.82. The molecule has 1 fully saturated rings. The van der Waals surface area contributed by atoms with Crippen molar-refractivity contribution in [1.82, 2.24) is 9.80 Å². The Morgan fingerprint density at radius 3 is 2.46 bits per heavy atom. The minimum absolute atomic E-state index is 0.00961. The van der Waals surface area contributed by atoms with Crippen molar-refractivity contribution in [3.05, 3.63) is 71.8 Å². The number of urea groups is 1. The van der Waals surface area contributed by atoms with Crippen LogP contribution in [-0.2, 0) is 0 Å². The summed E-state index contributed by atoms with van der Waals surface area (Å²) in [6.45, 7) is 3.44. The molecule has 2 aromatic carbocycles. The third kappa shape index (κ3) is 4.89. The van der Waals surface area contributed by atoms with Crippen LogP contribution < -0.4 is 5.32 Å². The monoisotopic (exact) mass is 357 g/mol. The highest BCUT2D eigenvalue weighted by Gasteiger charge is 2.21. The van der Waals surface area contributed by atoms with Crippen molar-refractivity contribution in [2.45, 2.75) is 0 Å². The highest BCUT2D eigenvalue weighted by Crippen LogP contribution is 2.16. The molecule has 0 bridgehead atoms. The summed E-state index contributed by atoms with van der Waals surface area (Å²) < 4.78 is 26.5. The highest BCUT2D eigenvalue weighted by atomic mass is 19.1. The fourth-order valence-corrected chi connectivity index (χ4v) is 2.82. The van der Waals surface area contributed by atoms with Crippen molar-refractivity contribution < 1.29 is 13.6 Å². The molecule has 1 aliphatic heterocycles. The molecule has 0 spiro atoms. The van der Waals surface area contributed by atoms with Crippen molar-refractivity contribution >= 4 is 17.8 Å². The number of nitrogens with zero attached hydrogens (tertiary/aromatic N) is 2. The second-order valence-corrected chi connectivity index (χ2v) is 6.16. The van der Waals surface area contributed by atoms with E-state index in [1.54, 1.807) is 4.90 Å². The zero-order valence-corrected chi connectivity index (χ0v) is 14.4. The number of rotatable bonds is 4. The van der Waals surface area contributed by atoms with E-state index >= 15 is 0 Å². The van der Waals surface area contributed by atoms with Gasteiger partial charge in [-0.15, -0.1) is 0 Å². The van der Waals surface area contributed by atoms with E-state index in [4.69, 9.17) is 0 Å². The van der Waals surface area contributed by atoms with Gasteiger partial charge in [0.25, 0.3) is 0 Å². The summed E-state index contributed by atoms with van der Waals surface area (Å²) in [5, 5.41) is 2.50. The molecule has 1 heterocycles.